The van der Waals surface area contributed by atoms with Gasteiger partial charge in [0, 0.05) is 29.2 Å². The van der Waals surface area contributed by atoms with Crippen molar-refractivity contribution in [1.82, 2.24) is 15.1 Å². The Balaban J connectivity index is 1.18. The predicted octanol–water partition coefficient (Wildman–Crippen LogP) is 5.20. The summed E-state index contributed by atoms with van der Waals surface area (Å²) in [6.07, 6.45) is 9.02. The number of carbonyl (C=O) groups is 1. The van der Waals surface area contributed by atoms with Gasteiger partial charge < -0.3 is 4.90 Å². The van der Waals surface area contributed by atoms with Gasteiger partial charge in [-0.2, -0.15) is 5.10 Å². The molecule has 0 radical (unpaired) electrons. The molecule has 2 atom stereocenters. The van der Waals surface area contributed by atoms with Crippen LogP contribution >= 0.6 is 15.9 Å². The van der Waals surface area contributed by atoms with Crippen LogP contribution in [0.15, 0.2) is 36.4 Å². The van der Waals surface area contributed by atoms with E-state index in [1.54, 1.807) is 0 Å². The van der Waals surface area contributed by atoms with Crippen molar-refractivity contribution in [2.24, 2.45) is 17.3 Å². The number of aromatic amines is 1. The molecule has 4 saturated carbocycles. The highest BCUT2D eigenvalue weighted by molar-refractivity contribution is 9.10. The van der Waals surface area contributed by atoms with E-state index in [1.807, 2.05) is 30.1 Å². The van der Waals surface area contributed by atoms with Gasteiger partial charge in [-0.1, -0.05) is 46.3 Å². The number of carbonyl (C=O) groups excluding carboxylic acids is 1. The Bertz CT molecular complexity index is 879. The van der Waals surface area contributed by atoms with Crippen LogP contribution in [-0.4, -0.2) is 38.9 Å². The maximum atomic E-state index is 13.5. The molecule has 4 aliphatic carbocycles. The van der Waals surface area contributed by atoms with Crippen LogP contribution in [0.4, 0.5) is 0 Å². The maximum Gasteiger partial charge on any atom is 0.228 e. The third-order valence-corrected chi connectivity index (χ3v) is 8.36. The topological polar surface area (TPSA) is 49.0 Å². The number of halogens is 1. The van der Waals surface area contributed by atoms with Gasteiger partial charge >= 0.3 is 0 Å². The lowest BCUT2D eigenvalue weighted by atomic mass is 9.49. The molecule has 1 N–H and O–H groups in total. The van der Waals surface area contributed by atoms with E-state index in [-0.39, 0.29) is 9.74 Å². The van der Waals surface area contributed by atoms with E-state index in [2.05, 4.69) is 44.3 Å². The van der Waals surface area contributed by atoms with Crippen molar-refractivity contribution in [3.05, 3.63) is 42.1 Å². The summed E-state index contributed by atoms with van der Waals surface area (Å²) >= 11 is 4.03. The number of alkyl halides is 1. The number of amides is 1. The van der Waals surface area contributed by atoms with Gasteiger partial charge in [0.25, 0.3) is 0 Å². The molecule has 1 aromatic heterocycles. The van der Waals surface area contributed by atoms with Crippen LogP contribution in [0.2, 0.25) is 0 Å². The maximum absolute atomic E-state index is 13.5. The molecule has 154 valence electrons. The number of nitrogens with zero attached hydrogens (tertiary/aromatic N) is 2. The Morgan fingerprint density at radius 1 is 1.21 bits per heavy atom. The minimum atomic E-state index is -0.100. The van der Waals surface area contributed by atoms with Crippen LogP contribution in [0.25, 0.3) is 11.3 Å². The van der Waals surface area contributed by atoms with E-state index >= 15 is 0 Å². The fourth-order valence-electron chi connectivity index (χ4n) is 6.66. The highest BCUT2D eigenvalue weighted by Gasteiger charge is 2.60. The highest BCUT2D eigenvalue weighted by Crippen LogP contribution is 2.64. The number of hydrogen-bond acceptors (Lipinski definition) is 2. The first-order valence-electron chi connectivity index (χ1n) is 11.0. The summed E-state index contributed by atoms with van der Waals surface area (Å²) in [6.45, 7) is 0.810. The molecule has 4 nitrogen and oxygen atoms in total. The minimum Gasteiger partial charge on any atom is -0.345 e. The van der Waals surface area contributed by atoms with E-state index in [0.717, 1.165) is 67.4 Å². The molecule has 4 aliphatic rings. The summed E-state index contributed by atoms with van der Waals surface area (Å²) in [6, 6.07) is 12.4. The molecule has 6 rings (SSSR count). The third-order valence-electron chi connectivity index (χ3n) is 7.43. The highest BCUT2D eigenvalue weighted by atomic mass is 79.9. The average Bonchev–Trinajstić information content (AvgIpc) is 3.15. The lowest BCUT2D eigenvalue weighted by Gasteiger charge is -2.60. The Kier molecular flexibility index (Phi) is 4.84. The summed E-state index contributed by atoms with van der Waals surface area (Å²) in [5.74, 6) is 1.88. The number of hydrogen-bond donors (Lipinski definition) is 1. The number of aryl methyl sites for hydroxylation is 1. The van der Waals surface area contributed by atoms with Gasteiger partial charge in [-0.05, 0) is 69.3 Å². The molecule has 4 fully saturated rings. The molecule has 5 heteroatoms. The molecular weight excluding hydrogens is 426 g/mol. The monoisotopic (exact) mass is 455 g/mol. The molecular formula is C24H30BrN3O. The van der Waals surface area contributed by atoms with Gasteiger partial charge in [0.15, 0.2) is 0 Å². The summed E-state index contributed by atoms with van der Waals surface area (Å²) in [7, 11) is 2.00. The van der Waals surface area contributed by atoms with Crippen molar-refractivity contribution in [2.45, 2.75) is 55.7 Å². The van der Waals surface area contributed by atoms with Crippen LogP contribution in [-0.2, 0) is 11.2 Å². The Hall–Kier alpha value is -1.62. The third kappa shape index (κ3) is 3.67. The molecule has 0 spiro atoms. The number of benzene rings is 1. The molecule has 1 amide bonds. The summed E-state index contributed by atoms with van der Waals surface area (Å²) < 4.78 is 0.233. The number of aromatic nitrogens is 2. The SMILES string of the molecule is CN(CCCc1cc(-c2ccccc2)n[nH]1)C(=O)C12CC3CC(CC(Br)(C3)C1)C2. The zero-order valence-corrected chi connectivity index (χ0v) is 18.7. The van der Waals surface area contributed by atoms with E-state index in [9.17, 15) is 4.79 Å². The first-order valence-corrected chi connectivity index (χ1v) is 11.8. The van der Waals surface area contributed by atoms with Crippen molar-refractivity contribution in [2.75, 3.05) is 13.6 Å². The molecule has 1 aromatic carbocycles. The summed E-state index contributed by atoms with van der Waals surface area (Å²) in [5, 5.41) is 7.60. The van der Waals surface area contributed by atoms with Crippen LogP contribution in [0.5, 0.6) is 0 Å². The summed E-state index contributed by atoms with van der Waals surface area (Å²) in [4.78, 5) is 15.5. The van der Waals surface area contributed by atoms with Gasteiger partial charge in [0.2, 0.25) is 5.91 Å². The van der Waals surface area contributed by atoms with Crippen molar-refractivity contribution < 1.29 is 4.79 Å². The molecule has 2 unspecified atom stereocenters. The number of H-pyrrole nitrogens is 1. The van der Waals surface area contributed by atoms with Crippen molar-refractivity contribution in [3.8, 4) is 11.3 Å². The van der Waals surface area contributed by atoms with Crippen molar-refractivity contribution >= 4 is 21.8 Å². The van der Waals surface area contributed by atoms with Crippen LogP contribution < -0.4 is 0 Å². The van der Waals surface area contributed by atoms with Crippen LogP contribution in [0, 0.1) is 17.3 Å². The second-order valence-electron chi connectivity index (χ2n) is 9.87. The van der Waals surface area contributed by atoms with Crippen LogP contribution in [0.3, 0.4) is 0 Å². The molecule has 2 aromatic rings. The normalized spacial score (nSPS) is 32.5. The predicted molar refractivity (Wildman–Crippen MR) is 119 cm³/mol. The Morgan fingerprint density at radius 3 is 2.62 bits per heavy atom. The van der Waals surface area contributed by atoms with Gasteiger partial charge in [-0.15, -0.1) is 0 Å². The number of nitrogens with one attached hydrogen (secondary N) is 1. The first-order chi connectivity index (χ1) is 13.9. The average molecular weight is 456 g/mol. The van der Waals surface area contributed by atoms with Gasteiger partial charge in [-0.25, -0.2) is 0 Å². The molecule has 4 bridgehead atoms. The Morgan fingerprint density at radius 2 is 1.93 bits per heavy atom. The van der Waals surface area contributed by atoms with Crippen LogP contribution in [0.1, 0.15) is 50.6 Å². The minimum absolute atomic E-state index is 0.100. The Labute approximate surface area is 181 Å². The lowest BCUT2D eigenvalue weighted by Crippen LogP contribution is -2.58. The van der Waals surface area contributed by atoms with E-state index < -0.39 is 0 Å². The fourth-order valence-corrected chi connectivity index (χ4v) is 8.11. The second kappa shape index (κ2) is 7.26. The lowest BCUT2D eigenvalue weighted by molar-refractivity contribution is -0.154. The quantitative estimate of drug-likeness (QED) is 0.608. The summed E-state index contributed by atoms with van der Waals surface area (Å²) in [5.41, 5.74) is 3.16. The van der Waals surface area contributed by atoms with Crippen molar-refractivity contribution in [1.29, 1.82) is 0 Å². The molecule has 1 heterocycles. The second-order valence-corrected chi connectivity index (χ2v) is 11.5. The molecule has 29 heavy (non-hydrogen) atoms. The molecule has 0 aliphatic heterocycles. The van der Waals surface area contributed by atoms with Gasteiger partial charge in [-0.3, -0.25) is 9.89 Å². The largest absolute Gasteiger partial charge is 0.345 e. The van der Waals surface area contributed by atoms with Gasteiger partial charge in [0.05, 0.1) is 11.1 Å². The zero-order valence-electron chi connectivity index (χ0n) is 17.2. The van der Waals surface area contributed by atoms with E-state index in [4.69, 9.17) is 0 Å². The molecule has 0 saturated heterocycles. The van der Waals surface area contributed by atoms with Gasteiger partial charge in [0.1, 0.15) is 0 Å². The number of rotatable bonds is 6. The van der Waals surface area contributed by atoms with Crippen molar-refractivity contribution in [3.63, 3.8) is 0 Å². The zero-order chi connectivity index (χ0) is 20.1. The first kappa shape index (κ1) is 19.3. The smallest absolute Gasteiger partial charge is 0.228 e. The fraction of sp³-hybridized carbons (Fsp3) is 0.583. The van der Waals surface area contributed by atoms with E-state index in [0.29, 0.717) is 5.91 Å². The standard InChI is InChI=1S/C24H30BrN3O/c1-28(9-5-8-20-11-21(27-26-20)19-6-3-2-4-7-19)22(29)23-12-17-10-18(13-23)15-24(25,14-17)16-23/h2-4,6-7,11,17-18H,5,8-10,12-16H2,1H3,(H,26,27). The van der Waals surface area contributed by atoms with E-state index in [1.165, 1.54) is 19.3 Å².